The predicted octanol–water partition coefficient (Wildman–Crippen LogP) is 3.44. The van der Waals surface area contributed by atoms with Gasteiger partial charge in [0.25, 0.3) is 0 Å². The van der Waals surface area contributed by atoms with E-state index < -0.39 is 0 Å². The predicted molar refractivity (Wildman–Crippen MR) is 62.5 cm³/mol. The van der Waals surface area contributed by atoms with Crippen LogP contribution in [0.15, 0.2) is 11.4 Å². The van der Waals surface area contributed by atoms with E-state index in [0.29, 0.717) is 10.4 Å². The van der Waals surface area contributed by atoms with Crippen molar-refractivity contribution >= 4 is 23.4 Å². The van der Waals surface area contributed by atoms with Gasteiger partial charge in [-0.25, -0.2) is 9.97 Å². The van der Waals surface area contributed by atoms with Gasteiger partial charge in [0, 0.05) is 16.2 Å². The minimum Gasteiger partial charge on any atom is -0.230 e. The van der Waals surface area contributed by atoms with E-state index in [-0.39, 0.29) is 5.41 Å². The second kappa shape index (κ2) is 3.36. The Morgan fingerprint density at radius 3 is 3.20 bits per heavy atom. The Morgan fingerprint density at radius 1 is 1.47 bits per heavy atom. The lowest BCUT2D eigenvalue weighted by atomic mass is 9.72. The first-order valence-corrected chi connectivity index (χ1v) is 6.65. The van der Waals surface area contributed by atoms with E-state index in [1.807, 2.05) is 11.8 Å². The van der Waals surface area contributed by atoms with E-state index in [1.165, 1.54) is 31.2 Å². The Hall–Kier alpha value is -0.280. The highest BCUT2D eigenvalue weighted by Crippen LogP contribution is 2.56. The number of thioether (sulfide) groups is 1. The standard InChI is InChI=1S/C11H13ClN2S/c1-11-5-3-2-4-7(11)15-10-8(11)9(12)13-6-14-10/h6-7H,2-5H2,1H3. The lowest BCUT2D eigenvalue weighted by Crippen LogP contribution is -2.34. The quantitative estimate of drug-likeness (QED) is 0.650. The van der Waals surface area contributed by atoms with E-state index in [2.05, 4.69) is 16.9 Å². The lowest BCUT2D eigenvalue weighted by molar-refractivity contribution is 0.335. The first kappa shape index (κ1) is 9.91. The third kappa shape index (κ3) is 1.32. The van der Waals surface area contributed by atoms with Gasteiger partial charge in [-0.05, 0) is 12.8 Å². The number of rotatable bonds is 0. The minimum atomic E-state index is 0.219. The van der Waals surface area contributed by atoms with Crippen molar-refractivity contribution in [1.29, 1.82) is 0 Å². The van der Waals surface area contributed by atoms with Crippen LogP contribution in [0.2, 0.25) is 5.15 Å². The molecule has 2 atom stereocenters. The van der Waals surface area contributed by atoms with Crippen LogP contribution in [0, 0.1) is 0 Å². The van der Waals surface area contributed by atoms with E-state index in [9.17, 15) is 0 Å². The molecular weight excluding hydrogens is 228 g/mol. The summed E-state index contributed by atoms with van der Waals surface area (Å²) in [7, 11) is 0. The van der Waals surface area contributed by atoms with Gasteiger partial charge in [-0.1, -0.05) is 31.4 Å². The summed E-state index contributed by atoms with van der Waals surface area (Å²) in [4.78, 5) is 8.48. The highest BCUT2D eigenvalue weighted by molar-refractivity contribution is 8.00. The number of aromatic nitrogens is 2. The molecule has 2 heterocycles. The number of hydrogen-bond acceptors (Lipinski definition) is 3. The van der Waals surface area contributed by atoms with Gasteiger partial charge < -0.3 is 0 Å². The average Bonchev–Trinajstić information content (AvgIpc) is 2.51. The van der Waals surface area contributed by atoms with Crippen molar-refractivity contribution in [2.45, 2.75) is 48.3 Å². The molecule has 3 rings (SSSR count). The zero-order valence-corrected chi connectivity index (χ0v) is 10.2. The molecule has 1 aliphatic carbocycles. The normalized spacial score (nSPS) is 33.6. The zero-order valence-electron chi connectivity index (χ0n) is 8.66. The minimum absolute atomic E-state index is 0.219. The van der Waals surface area contributed by atoms with E-state index in [1.54, 1.807) is 6.33 Å². The fraction of sp³-hybridized carbons (Fsp3) is 0.636. The largest absolute Gasteiger partial charge is 0.230 e. The van der Waals surface area contributed by atoms with Crippen LogP contribution in [-0.2, 0) is 5.41 Å². The SMILES string of the molecule is CC12CCCCC1Sc1ncnc(Cl)c12. The van der Waals surface area contributed by atoms with Crippen LogP contribution in [0.3, 0.4) is 0 Å². The fourth-order valence-electron chi connectivity index (χ4n) is 2.83. The second-order valence-electron chi connectivity index (χ2n) is 4.61. The van der Waals surface area contributed by atoms with Crippen LogP contribution in [0.4, 0.5) is 0 Å². The molecule has 1 aromatic heterocycles. The third-order valence-corrected chi connectivity index (χ3v) is 5.57. The number of halogens is 1. The monoisotopic (exact) mass is 240 g/mol. The van der Waals surface area contributed by atoms with Gasteiger partial charge in [0.05, 0.1) is 0 Å². The van der Waals surface area contributed by atoms with Gasteiger partial charge in [-0.15, -0.1) is 11.8 Å². The van der Waals surface area contributed by atoms with Crippen LogP contribution in [0.1, 0.15) is 38.2 Å². The molecule has 0 spiro atoms. The van der Waals surface area contributed by atoms with E-state index in [4.69, 9.17) is 11.6 Å². The molecule has 15 heavy (non-hydrogen) atoms. The van der Waals surface area contributed by atoms with Gasteiger partial charge in [0.15, 0.2) is 0 Å². The molecule has 4 heteroatoms. The lowest BCUT2D eigenvalue weighted by Gasteiger charge is -2.35. The Kier molecular flexibility index (Phi) is 2.22. The Bertz CT molecular complexity index is 410. The number of hydrogen-bond donors (Lipinski definition) is 0. The highest BCUT2D eigenvalue weighted by atomic mass is 35.5. The van der Waals surface area contributed by atoms with Crippen molar-refractivity contribution in [2.75, 3.05) is 0 Å². The average molecular weight is 241 g/mol. The molecule has 0 radical (unpaired) electrons. The van der Waals surface area contributed by atoms with Crippen molar-refractivity contribution in [1.82, 2.24) is 9.97 Å². The Labute approximate surface area is 98.8 Å². The first-order chi connectivity index (χ1) is 7.22. The van der Waals surface area contributed by atoms with E-state index >= 15 is 0 Å². The summed E-state index contributed by atoms with van der Waals surface area (Å²) in [5.41, 5.74) is 1.43. The highest BCUT2D eigenvalue weighted by Gasteiger charge is 2.47. The van der Waals surface area contributed by atoms with Gasteiger partial charge >= 0.3 is 0 Å². The van der Waals surface area contributed by atoms with Crippen molar-refractivity contribution in [3.05, 3.63) is 17.0 Å². The maximum absolute atomic E-state index is 6.21. The zero-order chi connectivity index (χ0) is 10.5. The molecule has 2 nitrogen and oxygen atoms in total. The Morgan fingerprint density at radius 2 is 2.33 bits per heavy atom. The smallest absolute Gasteiger partial charge is 0.137 e. The molecule has 2 unspecified atom stereocenters. The topological polar surface area (TPSA) is 25.8 Å². The van der Waals surface area contributed by atoms with Crippen molar-refractivity contribution in [3.63, 3.8) is 0 Å². The van der Waals surface area contributed by atoms with Gasteiger partial charge in [0.2, 0.25) is 0 Å². The molecular formula is C11H13ClN2S. The van der Waals surface area contributed by atoms with Crippen molar-refractivity contribution < 1.29 is 0 Å². The Balaban J connectivity index is 2.15. The van der Waals surface area contributed by atoms with Crippen molar-refractivity contribution in [2.24, 2.45) is 0 Å². The van der Waals surface area contributed by atoms with E-state index in [0.717, 1.165) is 5.03 Å². The molecule has 1 fully saturated rings. The summed E-state index contributed by atoms with van der Waals surface area (Å²) in [6.45, 7) is 2.32. The molecule has 0 N–H and O–H groups in total. The van der Waals surface area contributed by atoms with Crippen LogP contribution >= 0.6 is 23.4 Å². The second-order valence-corrected chi connectivity index (χ2v) is 6.16. The maximum Gasteiger partial charge on any atom is 0.137 e. The molecule has 80 valence electrons. The fourth-order valence-corrected chi connectivity index (χ4v) is 4.84. The summed E-state index contributed by atoms with van der Waals surface area (Å²) in [6.07, 6.45) is 6.73. The van der Waals surface area contributed by atoms with Gasteiger partial charge in [0.1, 0.15) is 16.5 Å². The van der Waals surface area contributed by atoms with Crippen molar-refractivity contribution in [3.8, 4) is 0 Å². The molecule has 2 aliphatic rings. The number of nitrogens with zero attached hydrogens (tertiary/aromatic N) is 2. The summed E-state index contributed by atoms with van der Waals surface area (Å²) >= 11 is 8.11. The maximum atomic E-state index is 6.21. The molecule has 0 bridgehead atoms. The van der Waals surface area contributed by atoms with Crippen LogP contribution < -0.4 is 0 Å². The number of fused-ring (bicyclic) bond motifs is 3. The molecule has 0 saturated heterocycles. The summed E-state index contributed by atoms with van der Waals surface area (Å²) < 4.78 is 0. The third-order valence-electron chi connectivity index (χ3n) is 3.71. The summed E-state index contributed by atoms with van der Waals surface area (Å²) in [5, 5.41) is 2.44. The molecule has 0 aromatic carbocycles. The van der Waals surface area contributed by atoms with Gasteiger partial charge in [-0.2, -0.15) is 0 Å². The van der Waals surface area contributed by atoms with Gasteiger partial charge in [-0.3, -0.25) is 0 Å². The molecule has 1 aromatic rings. The van der Waals surface area contributed by atoms with Crippen LogP contribution in [0.5, 0.6) is 0 Å². The van der Waals surface area contributed by atoms with Crippen LogP contribution in [-0.4, -0.2) is 15.2 Å². The van der Waals surface area contributed by atoms with Crippen LogP contribution in [0.25, 0.3) is 0 Å². The summed E-state index contributed by atoms with van der Waals surface area (Å²) in [5.74, 6) is 0. The molecule has 1 aliphatic heterocycles. The first-order valence-electron chi connectivity index (χ1n) is 5.39. The molecule has 1 saturated carbocycles. The summed E-state index contributed by atoms with van der Waals surface area (Å²) in [6, 6.07) is 0. The molecule has 0 amide bonds.